The number of ether oxygens (including phenoxy) is 1. The number of anilines is 1. The second-order valence-corrected chi connectivity index (χ2v) is 21.3. The highest BCUT2D eigenvalue weighted by Crippen LogP contribution is 2.47. The van der Waals surface area contributed by atoms with Gasteiger partial charge in [0.2, 0.25) is 8.32 Å². The molecular weight excluding hydrogens is 700 g/mol. The topological polar surface area (TPSA) is 116 Å². The molecule has 1 aliphatic rings. The van der Waals surface area contributed by atoms with E-state index in [0.717, 1.165) is 55.6 Å². The average Bonchev–Trinajstić information content (AvgIpc) is 3.47. The number of nitrogens with zero attached hydrogens (tertiary/aromatic N) is 2. The van der Waals surface area contributed by atoms with Gasteiger partial charge in [0.05, 0.1) is 23.3 Å². The minimum atomic E-state index is -4.61. The lowest BCUT2D eigenvalue weighted by atomic mass is 9.90. The van der Waals surface area contributed by atoms with Crippen molar-refractivity contribution in [3.63, 3.8) is 0 Å². The van der Waals surface area contributed by atoms with E-state index < -0.39 is 51.7 Å². The number of aryl methyl sites for hydroxylation is 3. The summed E-state index contributed by atoms with van der Waals surface area (Å²) >= 11 is 0. The van der Waals surface area contributed by atoms with Crippen LogP contribution in [0.5, 0.6) is 5.75 Å². The van der Waals surface area contributed by atoms with E-state index in [0.29, 0.717) is 12.8 Å². The summed E-state index contributed by atoms with van der Waals surface area (Å²) in [5.41, 5.74) is 5.43. The highest BCUT2D eigenvalue weighted by atomic mass is 32.2. The molecule has 0 amide bonds. The van der Waals surface area contributed by atoms with Gasteiger partial charge in [0.1, 0.15) is 11.6 Å². The summed E-state index contributed by atoms with van der Waals surface area (Å²) in [5.74, 6) is -0.332. The van der Waals surface area contributed by atoms with Crippen LogP contribution >= 0.6 is 0 Å². The molecule has 52 heavy (non-hydrogen) atoms. The Bertz CT molecular complexity index is 2110. The first-order chi connectivity index (χ1) is 24.4. The number of para-hydroxylation sites is 1. The molecule has 0 saturated carbocycles. The van der Waals surface area contributed by atoms with Gasteiger partial charge in [0.15, 0.2) is 4.90 Å². The van der Waals surface area contributed by atoms with E-state index in [9.17, 15) is 23.3 Å². The lowest BCUT2D eigenvalue weighted by molar-refractivity contribution is -0.387. The number of nitro groups is 1. The van der Waals surface area contributed by atoms with Crippen molar-refractivity contribution in [2.45, 2.75) is 96.3 Å². The van der Waals surface area contributed by atoms with Crippen molar-refractivity contribution < 1.29 is 31.7 Å². The Morgan fingerprint density at radius 3 is 2.31 bits per heavy atom. The molecule has 0 radical (unpaired) electrons. The molecule has 0 heterocycles. The van der Waals surface area contributed by atoms with Crippen LogP contribution in [0, 0.1) is 29.8 Å². The predicted molar refractivity (Wildman–Crippen MR) is 204 cm³/mol. The van der Waals surface area contributed by atoms with Gasteiger partial charge in [-0.3, -0.25) is 19.2 Å². The molecule has 0 aliphatic heterocycles. The van der Waals surface area contributed by atoms with Crippen molar-refractivity contribution in [3.05, 3.63) is 117 Å². The summed E-state index contributed by atoms with van der Waals surface area (Å²) in [5, 5.41) is 12.1. The fraction of sp³-hybridized carbons (Fsp3) is 0.375. The standard InChI is InChI=1S/C40H47FN2O7SSi/c1-9-49-38(44)22-18-28-17-19-29(25-34(28)41)42(51(47,48)37-16-11-10-15-36(37)43(45)46)35-21-20-31-32(35)13-12-14-33(31)39-26(2)23-30(24-27(39)3)50-52(7,8)40(4,5)6/h10-17,19,23-25,35H,9,18,20-22H2,1-8H3. The third-order valence-corrected chi connectivity index (χ3v) is 16.5. The number of fused-ring (bicyclic) bond motifs is 1. The number of esters is 1. The highest BCUT2D eigenvalue weighted by Gasteiger charge is 2.41. The second kappa shape index (κ2) is 14.8. The maximum absolute atomic E-state index is 15.7. The summed E-state index contributed by atoms with van der Waals surface area (Å²) in [4.78, 5) is 22.8. The molecule has 0 saturated heterocycles. The van der Waals surface area contributed by atoms with Crippen LogP contribution in [0.15, 0.2) is 77.7 Å². The first kappa shape index (κ1) is 38.7. The third-order valence-electron chi connectivity index (χ3n) is 10.3. The van der Waals surface area contributed by atoms with Crippen LogP contribution in [0.2, 0.25) is 18.1 Å². The normalized spacial score (nSPS) is 14.5. The number of benzene rings is 4. The molecule has 4 aromatic rings. The fourth-order valence-corrected chi connectivity index (χ4v) is 9.56. The number of hydrogen-bond donors (Lipinski definition) is 0. The monoisotopic (exact) mass is 746 g/mol. The summed E-state index contributed by atoms with van der Waals surface area (Å²) in [6.07, 6.45) is 0.919. The van der Waals surface area contributed by atoms with Gasteiger partial charge in [0.25, 0.3) is 15.7 Å². The van der Waals surface area contributed by atoms with E-state index in [-0.39, 0.29) is 35.7 Å². The molecule has 12 heteroatoms. The number of rotatable bonds is 12. The first-order valence-electron chi connectivity index (χ1n) is 17.5. The lowest BCUT2D eigenvalue weighted by Gasteiger charge is -2.36. The minimum absolute atomic E-state index is 0.0262. The number of hydrogen-bond acceptors (Lipinski definition) is 7. The van der Waals surface area contributed by atoms with Crippen molar-refractivity contribution in [3.8, 4) is 16.9 Å². The highest BCUT2D eigenvalue weighted by molar-refractivity contribution is 7.93. The molecule has 9 nitrogen and oxygen atoms in total. The SMILES string of the molecule is CCOC(=O)CCc1ccc(N(C2CCc3c(-c4c(C)cc(O[Si](C)(C)C(C)(C)C)cc4C)cccc32)S(=O)(=O)c2ccccc2[N+](=O)[O-])cc1F. The van der Waals surface area contributed by atoms with Crippen LogP contribution in [-0.4, -0.2) is 34.2 Å². The van der Waals surface area contributed by atoms with E-state index in [2.05, 4.69) is 46.0 Å². The summed E-state index contributed by atoms with van der Waals surface area (Å²) in [7, 11) is -6.70. The van der Waals surface area contributed by atoms with Gasteiger partial charge < -0.3 is 9.16 Å². The van der Waals surface area contributed by atoms with Crippen LogP contribution in [0.1, 0.15) is 74.4 Å². The van der Waals surface area contributed by atoms with Crippen LogP contribution < -0.4 is 8.73 Å². The van der Waals surface area contributed by atoms with Gasteiger partial charge in [-0.1, -0.05) is 57.2 Å². The Balaban J connectivity index is 1.62. The molecule has 0 spiro atoms. The summed E-state index contributed by atoms with van der Waals surface area (Å²) in [6.45, 7) is 17.0. The van der Waals surface area contributed by atoms with Crippen LogP contribution in [-0.2, 0) is 32.4 Å². The molecule has 0 N–H and O–H groups in total. The predicted octanol–water partition coefficient (Wildman–Crippen LogP) is 9.78. The molecule has 276 valence electrons. The molecule has 1 unspecified atom stereocenters. The van der Waals surface area contributed by atoms with Crippen molar-refractivity contribution in [2.75, 3.05) is 10.9 Å². The maximum Gasteiger partial charge on any atom is 0.306 e. The Morgan fingerprint density at radius 1 is 1.02 bits per heavy atom. The minimum Gasteiger partial charge on any atom is -0.543 e. The number of carbonyl (C=O) groups excluding carboxylic acids is 1. The Morgan fingerprint density at radius 2 is 1.69 bits per heavy atom. The van der Waals surface area contributed by atoms with E-state index in [1.54, 1.807) is 6.92 Å². The van der Waals surface area contributed by atoms with Gasteiger partial charge in [0, 0.05) is 12.5 Å². The lowest BCUT2D eigenvalue weighted by Crippen LogP contribution is -2.43. The van der Waals surface area contributed by atoms with Crippen LogP contribution in [0.25, 0.3) is 11.1 Å². The third kappa shape index (κ3) is 7.63. The van der Waals surface area contributed by atoms with Gasteiger partial charge >= 0.3 is 5.97 Å². The maximum atomic E-state index is 15.7. The van der Waals surface area contributed by atoms with Gasteiger partial charge in [-0.15, -0.1) is 0 Å². The quantitative estimate of drug-likeness (QED) is 0.0613. The number of halogens is 1. The van der Waals surface area contributed by atoms with Gasteiger partial charge in [-0.05, 0) is 127 Å². The van der Waals surface area contributed by atoms with Crippen LogP contribution in [0.3, 0.4) is 0 Å². The molecule has 0 aromatic heterocycles. The average molecular weight is 747 g/mol. The van der Waals surface area contributed by atoms with E-state index in [1.165, 1.54) is 30.3 Å². The summed E-state index contributed by atoms with van der Waals surface area (Å²) in [6, 6.07) is 18.4. The smallest absolute Gasteiger partial charge is 0.306 e. The fourth-order valence-electron chi connectivity index (χ4n) is 6.73. The van der Waals surface area contributed by atoms with Crippen molar-refractivity contribution in [1.82, 2.24) is 0 Å². The van der Waals surface area contributed by atoms with Crippen molar-refractivity contribution in [1.29, 1.82) is 0 Å². The van der Waals surface area contributed by atoms with Gasteiger partial charge in [-0.2, -0.15) is 0 Å². The van der Waals surface area contributed by atoms with E-state index in [1.807, 2.05) is 32.0 Å². The molecule has 5 rings (SSSR count). The molecule has 0 fully saturated rings. The van der Waals surface area contributed by atoms with Crippen LogP contribution in [0.4, 0.5) is 15.8 Å². The first-order valence-corrected chi connectivity index (χ1v) is 21.9. The zero-order valence-electron chi connectivity index (χ0n) is 31.1. The molecular formula is C40H47FN2O7SSi. The molecule has 4 aromatic carbocycles. The largest absolute Gasteiger partial charge is 0.543 e. The number of nitro benzene ring substituents is 1. The Labute approximate surface area is 307 Å². The van der Waals surface area contributed by atoms with Gasteiger partial charge in [-0.25, -0.2) is 12.8 Å². The van der Waals surface area contributed by atoms with Crippen molar-refractivity contribution in [2.24, 2.45) is 0 Å². The number of carbonyl (C=O) groups is 1. The Kier molecular flexibility index (Phi) is 11.0. The Hall–Kier alpha value is -4.55. The van der Waals surface area contributed by atoms with Crippen molar-refractivity contribution >= 4 is 35.7 Å². The van der Waals surface area contributed by atoms with E-state index >= 15 is 4.39 Å². The zero-order chi connectivity index (χ0) is 38.2. The molecule has 0 bridgehead atoms. The zero-order valence-corrected chi connectivity index (χ0v) is 32.9. The second-order valence-electron chi connectivity index (χ2n) is 14.8. The van der Waals surface area contributed by atoms with E-state index in [4.69, 9.17) is 9.16 Å². The summed E-state index contributed by atoms with van der Waals surface area (Å²) < 4.78 is 57.7. The molecule has 1 aliphatic carbocycles. The molecule has 1 atom stereocenters. The number of sulfonamides is 1.